The minimum Gasteiger partial charge on any atom is -0.454 e. The van der Waals surface area contributed by atoms with Crippen molar-refractivity contribution < 1.29 is 18.7 Å². The molecule has 1 heterocycles. The number of hydrogen-bond donors (Lipinski definition) is 1. The molecule has 0 bridgehead atoms. The Bertz CT molecular complexity index is 1170. The predicted molar refractivity (Wildman–Crippen MR) is 113 cm³/mol. The number of hydrogen-bond acceptors (Lipinski definition) is 3. The molecule has 3 aromatic rings. The number of fused-ring (bicyclic) bond motifs is 1. The van der Waals surface area contributed by atoms with Gasteiger partial charge in [0.1, 0.15) is 5.82 Å². The predicted octanol–water partition coefficient (Wildman–Crippen LogP) is 5.51. The molecule has 0 atom stereocenters. The third-order valence-corrected chi connectivity index (χ3v) is 6.09. The van der Waals surface area contributed by atoms with Crippen LogP contribution in [0.1, 0.15) is 29.5 Å². The minimum atomic E-state index is -0.540. The van der Waals surface area contributed by atoms with E-state index in [0.717, 1.165) is 35.1 Å². The van der Waals surface area contributed by atoms with Crippen LogP contribution in [0.25, 0.3) is 11.1 Å². The Kier molecular flexibility index (Phi) is 4.28. The molecule has 1 fully saturated rings. The molecule has 0 saturated heterocycles. The molecule has 1 aliphatic heterocycles. The van der Waals surface area contributed by atoms with Gasteiger partial charge in [0, 0.05) is 5.69 Å². The van der Waals surface area contributed by atoms with E-state index in [1.807, 2.05) is 49.4 Å². The van der Waals surface area contributed by atoms with Crippen molar-refractivity contribution in [3.05, 3.63) is 77.1 Å². The summed E-state index contributed by atoms with van der Waals surface area (Å²) in [6.07, 6.45) is 1.58. The normalized spacial score (nSPS) is 15.7. The van der Waals surface area contributed by atoms with Crippen LogP contribution >= 0.6 is 0 Å². The van der Waals surface area contributed by atoms with Crippen LogP contribution in [0.2, 0.25) is 0 Å². The molecule has 1 saturated carbocycles. The van der Waals surface area contributed by atoms with Crippen LogP contribution in [0.15, 0.2) is 54.6 Å². The highest BCUT2D eigenvalue weighted by Crippen LogP contribution is 2.51. The number of carbonyl (C=O) groups excluding carboxylic acids is 1. The maximum Gasteiger partial charge on any atom is 0.235 e. The van der Waals surface area contributed by atoms with Gasteiger partial charge in [0.15, 0.2) is 11.5 Å². The lowest BCUT2D eigenvalue weighted by Crippen LogP contribution is -2.27. The lowest BCUT2D eigenvalue weighted by atomic mass is 9.94. The van der Waals surface area contributed by atoms with Gasteiger partial charge in [-0.05, 0) is 84.8 Å². The van der Waals surface area contributed by atoms with Crippen molar-refractivity contribution in [1.29, 1.82) is 0 Å². The van der Waals surface area contributed by atoms with Crippen molar-refractivity contribution in [2.75, 3.05) is 12.1 Å². The number of halogens is 1. The number of amides is 1. The zero-order valence-corrected chi connectivity index (χ0v) is 16.9. The fourth-order valence-corrected chi connectivity index (χ4v) is 3.99. The molecule has 0 spiro atoms. The number of rotatable bonds is 4. The zero-order chi connectivity index (χ0) is 20.9. The molecule has 3 aromatic carbocycles. The number of anilines is 1. The van der Waals surface area contributed by atoms with Crippen molar-refractivity contribution in [2.24, 2.45) is 0 Å². The maximum absolute atomic E-state index is 14.1. The van der Waals surface area contributed by atoms with E-state index in [0.29, 0.717) is 22.7 Å². The van der Waals surface area contributed by atoms with Gasteiger partial charge >= 0.3 is 0 Å². The Labute approximate surface area is 174 Å². The van der Waals surface area contributed by atoms with E-state index >= 15 is 0 Å². The fourth-order valence-electron chi connectivity index (χ4n) is 3.99. The molecule has 0 aromatic heterocycles. The highest BCUT2D eigenvalue weighted by molar-refractivity contribution is 6.02. The topological polar surface area (TPSA) is 47.6 Å². The monoisotopic (exact) mass is 403 g/mol. The van der Waals surface area contributed by atoms with Gasteiger partial charge in [-0.2, -0.15) is 0 Å². The average molecular weight is 403 g/mol. The van der Waals surface area contributed by atoms with E-state index in [1.54, 1.807) is 13.0 Å². The largest absolute Gasteiger partial charge is 0.454 e. The lowest BCUT2D eigenvalue weighted by Gasteiger charge is -2.17. The SMILES string of the molecule is Cc1ccc(-c2cc(NC(=O)C3(c4ccc5c(c4)OCO5)CC3)ccc2C)cc1F. The van der Waals surface area contributed by atoms with Crippen LogP contribution in [-0.2, 0) is 10.2 Å². The Morgan fingerprint density at radius 3 is 2.47 bits per heavy atom. The van der Waals surface area contributed by atoms with Gasteiger partial charge in [0.05, 0.1) is 5.41 Å². The van der Waals surface area contributed by atoms with Gasteiger partial charge in [-0.1, -0.05) is 24.3 Å². The van der Waals surface area contributed by atoms with Gasteiger partial charge < -0.3 is 14.8 Å². The first kappa shape index (κ1) is 18.7. The Morgan fingerprint density at radius 2 is 1.70 bits per heavy atom. The first-order valence-electron chi connectivity index (χ1n) is 10.0. The molecule has 2 aliphatic rings. The van der Waals surface area contributed by atoms with E-state index in [-0.39, 0.29) is 18.5 Å². The minimum absolute atomic E-state index is 0.0359. The second kappa shape index (κ2) is 6.87. The van der Waals surface area contributed by atoms with Gasteiger partial charge in [-0.15, -0.1) is 0 Å². The summed E-state index contributed by atoms with van der Waals surface area (Å²) in [7, 11) is 0. The first-order valence-corrected chi connectivity index (χ1v) is 10.0. The van der Waals surface area contributed by atoms with Crippen LogP contribution in [0.5, 0.6) is 11.5 Å². The molecule has 30 heavy (non-hydrogen) atoms. The zero-order valence-electron chi connectivity index (χ0n) is 16.9. The van der Waals surface area contributed by atoms with Crippen molar-refractivity contribution in [3.8, 4) is 22.6 Å². The summed E-state index contributed by atoms with van der Waals surface area (Å²) < 4.78 is 24.9. The molecule has 5 rings (SSSR count). The van der Waals surface area contributed by atoms with Crippen molar-refractivity contribution >= 4 is 11.6 Å². The molecule has 0 unspecified atom stereocenters. The summed E-state index contributed by atoms with van der Waals surface area (Å²) >= 11 is 0. The summed E-state index contributed by atoms with van der Waals surface area (Å²) in [6, 6.07) is 16.7. The highest BCUT2D eigenvalue weighted by Gasteiger charge is 2.51. The van der Waals surface area contributed by atoms with Crippen LogP contribution in [-0.4, -0.2) is 12.7 Å². The van der Waals surface area contributed by atoms with E-state index in [2.05, 4.69) is 5.32 Å². The Hall–Kier alpha value is -3.34. The fraction of sp³-hybridized carbons (Fsp3) is 0.240. The molecule has 152 valence electrons. The van der Waals surface area contributed by atoms with Crippen molar-refractivity contribution in [3.63, 3.8) is 0 Å². The van der Waals surface area contributed by atoms with E-state index in [9.17, 15) is 9.18 Å². The number of aryl methyl sites for hydroxylation is 2. The summed E-state index contributed by atoms with van der Waals surface area (Å²) in [5, 5.41) is 3.07. The number of nitrogens with one attached hydrogen (secondary N) is 1. The number of carbonyl (C=O) groups is 1. The summed E-state index contributed by atoms with van der Waals surface area (Å²) in [5.74, 6) is 1.13. The molecule has 1 N–H and O–H groups in total. The lowest BCUT2D eigenvalue weighted by molar-refractivity contribution is -0.118. The third kappa shape index (κ3) is 3.11. The number of ether oxygens (including phenoxy) is 2. The van der Waals surface area contributed by atoms with Crippen molar-refractivity contribution in [1.82, 2.24) is 0 Å². The van der Waals surface area contributed by atoms with E-state index < -0.39 is 5.41 Å². The van der Waals surface area contributed by atoms with E-state index in [4.69, 9.17) is 9.47 Å². The highest BCUT2D eigenvalue weighted by atomic mass is 19.1. The van der Waals surface area contributed by atoms with Crippen LogP contribution in [0.3, 0.4) is 0 Å². The van der Waals surface area contributed by atoms with Gasteiger partial charge in [-0.25, -0.2) is 4.39 Å². The molecule has 1 amide bonds. The summed E-state index contributed by atoms with van der Waals surface area (Å²) in [4.78, 5) is 13.2. The second-order valence-corrected chi connectivity index (χ2v) is 8.10. The quantitative estimate of drug-likeness (QED) is 0.625. The summed E-state index contributed by atoms with van der Waals surface area (Å²) in [6.45, 7) is 3.94. The van der Waals surface area contributed by atoms with Gasteiger partial charge in [-0.3, -0.25) is 4.79 Å². The average Bonchev–Trinajstić information content (AvgIpc) is 3.42. The molecule has 1 aliphatic carbocycles. The second-order valence-electron chi connectivity index (χ2n) is 8.10. The molecule has 5 heteroatoms. The van der Waals surface area contributed by atoms with Gasteiger partial charge in [0.25, 0.3) is 0 Å². The standard InChI is InChI=1S/C25H22FNO3/c1-15-4-7-19(13-20(15)17-5-3-16(2)21(26)11-17)27-24(28)25(9-10-25)18-6-8-22-23(12-18)30-14-29-22/h3-8,11-13H,9-10,14H2,1-2H3,(H,27,28). The smallest absolute Gasteiger partial charge is 0.235 e. The number of benzene rings is 3. The Balaban J connectivity index is 1.42. The maximum atomic E-state index is 14.1. The van der Waals surface area contributed by atoms with Crippen LogP contribution in [0, 0.1) is 19.7 Å². The summed E-state index contributed by atoms with van der Waals surface area (Å²) in [5.41, 5.74) is 4.43. The molecular formula is C25H22FNO3. The van der Waals surface area contributed by atoms with Crippen LogP contribution in [0.4, 0.5) is 10.1 Å². The van der Waals surface area contributed by atoms with E-state index in [1.165, 1.54) is 6.07 Å². The van der Waals surface area contributed by atoms with Crippen LogP contribution < -0.4 is 14.8 Å². The molecule has 0 radical (unpaired) electrons. The first-order chi connectivity index (χ1) is 14.5. The third-order valence-electron chi connectivity index (χ3n) is 6.09. The molecule has 4 nitrogen and oxygen atoms in total. The van der Waals surface area contributed by atoms with Gasteiger partial charge in [0.2, 0.25) is 12.7 Å². The Morgan fingerprint density at radius 1 is 0.933 bits per heavy atom. The van der Waals surface area contributed by atoms with Crippen molar-refractivity contribution in [2.45, 2.75) is 32.1 Å². The molecular weight excluding hydrogens is 381 g/mol.